The first-order valence-electron chi connectivity index (χ1n) is 9.82. The number of nitriles is 1. The molecule has 1 heterocycles. The third kappa shape index (κ3) is 3.65. The summed E-state index contributed by atoms with van der Waals surface area (Å²) in [4.78, 5) is 15.1. The average molecular weight is 417 g/mol. The monoisotopic (exact) mass is 416 g/mol. The van der Waals surface area contributed by atoms with Crippen molar-refractivity contribution in [3.8, 4) is 22.9 Å². The van der Waals surface area contributed by atoms with Gasteiger partial charge < -0.3 is 9.64 Å². The van der Waals surface area contributed by atoms with E-state index in [-0.39, 0.29) is 17.9 Å². The molecular weight excluding hydrogens is 396 g/mol. The van der Waals surface area contributed by atoms with Crippen LogP contribution in [0, 0.1) is 17.2 Å². The van der Waals surface area contributed by atoms with Crippen LogP contribution in [0.4, 0.5) is 0 Å². The zero-order valence-corrected chi connectivity index (χ0v) is 17.3. The van der Waals surface area contributed by atoms with E-state index in [9.17, 15) is 10.1 Å². The van der Waals surface area contributed by atoms with Gasteiger partial charge in [-0.1, -0.05) is 60.1 Å². The molecule has 3 aromatic rings. The molecule has 2 atom stereocenters. The Kier molecular flexibility index (Phi) is 5.74. The number of halogens is 1. The normalized spacial score (nSPS) is 18.1. The molecule has 4 nitrogen and oxygen atoms in total. The van der Waals surface area contributed by atoms with Crippen molar-refractivity contribution >= 4 is 17.5 Å². The lowest BCUT2D eigenvalue weighted by atomic mass is 9.94. The number of rotatable bonds is 4. The molecule has 3 aromatic carbocycles. The molecule has 0 bridgehead atoms. The van der Waals surface area contributed by atoms with Crippen LogP contribution < -0.4 is 4.74 Å². The molecule has 0 aliphatic carbocycles. The van der Waals surface area contributed by atoms with E-state index in [1.165, 1.54) is 0 Å². The van der Waals surface area contributed by atoms with Crippen molar-refractivity contribution < 1.29 is 9.53 Å². The third-order valence-electron chi connectivity index (χ3n) is 5.60. The van der Waals surface area contributed by atoms with Crippen molar-refractivity contribution in [1.29, 1.82) is 5.26 Å². The largest absolute Gasteiger partial charge is 0.496 e. The second-order valence-electron chi connectivity index (χ2n) is 7.27. The summed E-state index contributed by atoms with van der Waals surface area (Å²) < 4.78 is 5.44. The number of likely N-dealkylation sites (tertiary alicyclic amines) is 1. The minimum absolute atomic E-state index is 0.0933. The lowest BCUT2D eigenvalue weighted by Crippen LogP contribution is -2.32. The Bertz CT molecular complexity index is 1100. The third-order valence-corrected chi connectivity index (χ3v) is 5.94. The highest BCUT2D eigenvalue weighted by atomic mass is 35.5. The highest BCUT2D eigenvalue weighted by molar-refractivity contribution is 6.31. The van der Waals surface area contributed by atoms with Gasteiger partial charge in [0.05, 0.1) is 25.1 Å². The fraction of sp³-hybridized carbons (Fsp3) is 0.200. The summed E-state index contributed by atoms with van der Waals surface area (Å²) in [6, 6.07) is 24.7. The quantitative estimate of drug-likeness (QED) is 0.544. The van der Waals surface area contributed by atoms with Crippen LogP contribution in [0.1, 0.15) is 28.4 Å². The minimum atomic E-state index is -0.343. The van der Waals surface area contributed by atoms with Gasteiger partial charge in [-0.2, -0.15) is 5.26 Å². The van der Waals surface area contributed by atoms with Crippen LogP contribution in [-0.2, 0) is 0 Å². The lowest BCUT2D eigenvalue weighted by molar-refractivity contribution is 0.0726. The number of amides is 1. The van der Waals surface area contributed by atoms with Crippen molar-refractivity contribution in [1.82, 2.24) is 4.90 Å². The van der Waals surface area contributed by atoms with Crippen molar-refractivity contribution in [2.24, 2.45) is 5.92 Å². The summed E-state index contributed by atoms with van der Waals surface area (Å²) >= 11 is 6.40. The number of para-hydroxylation sites is 1. The van der Waals surface area contributed by atoms with Gasteiger partial charge in [0.2, 0.25) is 0 Å². The predicted molar refractivity (Wildman–Crippen MR) is 117 cm³/mol. The second-order valence-corrected chi connectivity index (χ2v) is 7.67. The van der Waals surface area contributed by atoms with Gasteiger partial charge in [0.15, 0.2) is 0 Å². The Hall–Kier alpha value is -3.29. The van der Waals surface area contributed by atoms with Crippen LogP contribution in [-0.4, -0.2) is 24.5 Å². The molecule has 1 unspecified atom stereocenters. The number of nitrogens with zero attached hydrogens (tertiary/aromatic N) is 2. The first kappa shape index (κ1) is 20.0. The molecule has 4 rings (SSSR count). The summed E-state index contributed by atoms with van der Waals surface area (Å²) in [6.07, 6.45) is 0.636. The van der Waals surface area contributed by atoms with Crippen LogP contribution in [0.15, 0.2) is 72.8 Å². The Morgan fingerprint density at radius 2 is 1.77 bits per heavy atom. The topological polar surface area (TPSA) is 53.3 Å². The SMILES string of the molecule is COc1ccccc1-c1ccc(C(=O)N2CCC(C#N)[C@@H]2c2ccccc2Cl)cc1. The number of carbonyl (C=O) groups is 1. The molecule has 1 aliphatic heterocycles. The van der Waals surface area contributed by atoms with Gasteiger partial charge in [0.25, 0.3) is 5.91 Å². The van der Waals surface area contributed by atoms with Gasteiger partial charge in [-0.05, 0) is 41.8 Å². The average Bonchev–Trinajstić information content (AvgIpc) is 3.23. The molecular formula is C25H21ClN2O2. The summed E-state index contributed by atoms with van der Waals surface area (Å²) in [5.41, 5.74) is 3.35. The standard InChI is InChI=1S/C25H21ClN2O2/c1-30-23-9-5-3-6-20(23)17-10-12-18(13-11-17)25(29)28-15-14-19(16-27)24(28)21-7-2-4-8-22(21)26/h2-13,19,24H,14-15H2,1H3/t19?,24-/m1/s1. The van der Waals surface area contributed by atoms with Crippen molar-refractivity contribution in [2.75, 3.05) is 13.7 Å². The minimum Gasteiger partial charge on any atom is -0.496 e. The molecule has 1 amide bonds. The Balaban J connectivity index is 1.64. The molecule has 0 saturated carbocycles. The van der Waals surface area contributed by atoms with E-state index in [0.29, 0.717) is 23.6 Å². The zero-order valence-electron chi connectivity index (χ0n) is 16.6. The van der Waals surface area contributed by atoms with E-state index in [0.717, 1.165) is 22.4 Å². The maximum Gasteiger partial charge on any atom is 0.254 e. The number of benzene rings is 3. The van der Waals surface area contributed by atoms with Crippen LogP contribution in [0.25, 0.3) is 11.1 Å². The van der Waals surface area contributed by atoms with Crippen molar-refractivity contribution in [3.05, 3.63) is 88.9 Å². The fourth-order valence-corrected chi connectivity index (χ4v) is 4.34. The number of hydrogen-bond donors (Lipinski definition) is 0. The zero-order chi connectivity index (χ0) is 21.1. The van der Waals surface area contributed by atoms with Crippen molar-refractivity contribution in [3.63, 3.8) is 0 Å². The van der Waals surface area contributed by atoms with E-state index in [1.807, 2.05) is 66.7 Å². The maximum absolute atomic E-state index is 13.3. The molecule has 0 radical (unpaired) electrons. The van der Waals surface area contributed by atoms with Gasteiger partial charge in [-0.3, -0.25) is 4.79 Å². The molecule has 150 valence electrons. The summed E-state index contributed by atoms with van der Waals surface area (Å²) in [5.74, 6) is 0.415. The van der Waals surface area contributed by atoms with Gasteiger partial charge in [-0.15, -0.1) is 0 Å². The van der Waals surface area contributed by atoms with Gasteiger partial charge in [-0.25, -0.2) is 0 Å². The molecule has 30 heavy (non-hydrogen) atoms. The van der Waals surface area contributed by atoms with Crippen molar-refractivity contribution in [2.45, 2.75) is 12.5 Å². The second kappa shape index (κ2) is 8.61. The molecule has 1 saturated heterocycles. The van der Waals surface area contributed by atoms with Crippen LogP contribution in [0.2, 0.25) is 5.02 Å². The maximum atomic E-state index is 13.3. The van der Waals surface area contributed by atoms with E-state index >= 15 is 0 Å². The first-order valence-corrected chi connectivity index (χ1v) is 10.2. The highest BCUT2D eigenvalue weighted by Crippen LogP contribution is 2.40. The van der Waals surface area contributed by atoms with Gasteiger partial charge in [0.1, 0.15) is 5.75 Å². The van der Waals surface area contributed by atoms with Gasteiger partial charge >= 0.3 is 0 Å². The summed E-state index contributed by atoms with van der Waals surface area (Å²) in [6.45, 7) is 0.529. The molecule has 0 N–H and O–H groups in total. The Morgan fingerprint density at radius 3 is 2.47 bits per heavy atom. The summed E-state index contributed by atoms with van der Waals surface area (Å²) in [7, 11) is 1.64. The van der Waals surface area contributed by atoms with E-state index in [4.69, 9.17) is 16.3 Å². The number of carbonyl (C=O) groups excluding carboxylic acids is 1. The molecule has 0 aromatic heterocycles. The number of hydrogen-bond acceptors (Lipinski definition) is 3. The number of ether oxygens (including phenoxy) is 1. The highest BCUT2D eigenvalue weighted by Gasteiger charge is 2.39. The van der Waals surface area contributed by atoms with Crippen LogP contribution in [0.5, 0.6) is 5.75 Å². The number of methoxy groups -OCH3 is 1. The van der Waals surface area contributed by atoms with Crippen LogP contribution in [0.3, 0.4) is 0 Å². The van der Waals surface area contributed by atoms with E-state index in [1.54, 1.807) is 18.1 Å². The smallest absolute Gasteiger partial charge is 0.254 e. The van der Waals surface area contributed by atoms with E-state index in [2.05, 4.69) is 6.07 Å². The Labute approximate surface area is 181 Å². The lowest BCUT2D eigenvalue weighted by Gasteiger charge is -2.27. The van der Waals surface area contributed by atoms with Gasteiger partial charge in [0, 0.05) is 22.7 Å². The predicted octanol–water partition coefficient (Wildman–Crippen LogP) is 5.74. The van der Waals surface area contributed by atoms with Crippen LogP contribution >= 0.6 is 11.6 Å². The molecule has 0 spiro atoms. The Morgan fingerprint density at radius 1 is 1.07 bits per heavy atom. The molecule has 5 heteroatoms. The molecule has 1 aliphatic rings. The molecule has 1 fully saturated rings. The fourth-order valence-electron chi connectivity index (χ4n) is 4.10. The van der Waals surface area contributed by atoms with E-state index < -0.39 is 0 Å². The first-order chi connectivity index (χ1) is 14.6. The summed E-state index contributed by atoms with van der Waals surface area (Å²) in [5, 5.41) is 10.2.